The molecular weight excluding hydrogens is 368 g/mol. The predicted octanol–water partition coefficient (Wildman–Crippen LogP) is 3.58. The largest absolute Gasteiger partial charge is 0.242 e. The highest BCUT2D eigenvalue weighted by Crippen LogP contribution is 2.29. The molecule has 3 nitrogen and oxygen atoms in total. The quantitative estimate of drug-likeness (QED) is 0.628. The first kappa shape index (κ1) is 16.2. The minimum absolute atomic E-state index is 0.00296. The standard InChI is InChI=1S/C10H11BrCl2FNO2S/c1-2-6(11)5-15-18(16,17)8-4-3-7(12)10(14)9(8)13/h3-4,6,15H,2,5H2,1H3. The van der Waals surface area contributed by atoms with Crippen molar-refractivity contribution in [3.05, 3.63) is 28.0 Å². The minimum Gasteiger partial charge on any atom is -0.210 e. The molecule has 0 spiro atoms. The fourth-order valence-electron chi connectivity index (χ4n) is 1.14. The summed E-state index contributed by atoms with van der Waals surface area (Å²) in [7, 11) is -3.85. The molecule has 0 fully saturated rings. The maximum atomic E-state index is 13.4. The second-order valence-electron chi connectivity index (χ2n) is 3.53. The zero-order chi connectivity index (χ0) is 13.9. The molecule has 0 bridgehead atoms. The third kappa shape index (κ3) is 3.81. The third-order valence-electron chi connectivity index (χ3n) is 2.23. The van der Waals surface area contributed by atoms with Crippen molar-refractivity contribution >= 4 is 49.2 Å². The molecule has 0 saturated carbocycles. The molecule has 1 aromatic carbocycles. The predicted molar refractivity (Wildman–Crippen MR) is 74.6 cm³/mol. The zero-order valence-electron chi connectivity index (χ0n) is 9.38. The van der Waals surface area contributed by atoms with Crippen molar-refractivity contribution in [1.82, 2.24) is 4.72 Å². The van der Waals surface area contributed by atoms with Gasteiger partial charge in [-0.2, -0.15) is 0 Å². The number of alkyl halides is 1. The monoisotopic (exact) mass is 377 g/mol. The van der Waals surface area contributed by atoms with Crippen LogP contribution in [-0.2, 0) is 10.0 Å². The Bertz CT molecular complexity index is 539. The van der Waals surface area contributed by atoms with Gasteiger partial charge in [-0.05, 0) is 18.6 Å². The van der Waals surface area contributed by atoms with Crippen molar-refractivity contribution in [1.29, 1.82) is 0 Å². The molecule has 1 N–H and O–H groups in total. The lowest BCUT2D eigenvalue weighted by molar-refractivity contribution is 0.576. The Morgan fingerprint density at radius 2 is 2.06 bits per heavy atom. The van der Waals surface area contributed by atoms with E-state index in [1.54, 1.807) is 0 Å². The Labute approximate surface area is 124 Å². The number of benzene rings is 1. The fourth-order valence-corrected chi connectivity index (χ4v) is 3.34. The summed E-state index contributed by atoms with van der Waals surface area (Å²) in [6.07, 6.45) is 0.755. The van der Waals surface area contributed by atoms with E-state index in [2.05, 4.69) is 20.7 Å². The molecule has 18 heavy (non-hydrogen) atoms. The van der Waals surface area contributed by atoms with Crippen molar-refractivity contribution in [3.63, 3.8) is 0 Å². The molecule has 0 aliphatic heterocycles. The van der Waals surface area contributed by atoms with Crippen LogP contribution in [0.25, 0.3) is 0 Å². The van der Waals surface area contributed by atoms with Gasteiger partial charge in [0.05, 0.1) is 10.0 Å². The molecule has 0 amide bonds. The molecule has 1 atom stereocenters. The van der Waals surface area contributed by atoms with Gasteiger partial charge in [-0.1, -0.05) is 46.1 Å². The summed E-state index contributed by atoms with van der Waals surface area (Å²) in [4.78, 5) is -0.315. The van der Waals surface area contributed by atoms with E-state index in [1.165, 1.54) is 6.07 Å². The first-order valence-electron chi connectivity index (χ1n) is 5.06. The Kier molecular flexibility index (Phi) is 5.86. The molecule has 0 aliphatic carbocycles. The van der Waals surface area contributed by atoms with Gasteiger partial charge in [0.2, 0.25) is 10.0 Å². The van der Waals surface area contributed by atoms with Crippen molar-refractivity contribution in [2.75, 3.05) is 6.54 Å². The van der Waals surface area contributed by atoms with E-state index >= 15 is 0 Å². The minimum atomic E-state index is -3.85. The van der Waals surface area contributed by atoms with Gasteiger partial charge in [0, 0.05) is 11.4 Å². The Morgan fingerprint density at radius 1 is 1.44 bits per heavy atom. The highest BCUT2D eigenvalue weighted by molar-refractivity contribution is 9.09. The Balaban J connectivity index is 3.03. The van der Waals surface area contributed by atoms with E-state index < -0.39 is 20.9 Å². The molecule has 0 heterocycles. The van der Waals surface area contributed by atoms with Crippen LogP contribution in [0.5, 0.6) is 0 Å². The summed E-state index contributed by atoms with van der Waals surface area (Å²) < 4.78 is 39.6. The first-order chi connectivity index (χ1) is 8.29. The summed E-state index contributed by atoms with van der Waals surface area (Å²) in [5.41, 5.74) is 0. The fraction of sp³-hybridized carbons (Fsp3) is 0.400. The highest BCUT2D eigenvalue weighted by atomic mass is 79.9. The summed E-state index contributed by atoms with van der Waals surface area (Å²) in [5, 5.41) is -0.719. The Hall–Kier alpha value is 0.120. The summed E-state index contributed by atoms with van der Waals surface area (Å²) in [5.74, 6) is -0.938. The lowest BCUT2D eigenvalue weighted by Crippen LogP contribution is -2.29. The van der Waals surface area contributed by atoms with Gasteiger partial charge in [0.15, 0.2) is 5.82 Å². The second-order valence-corrected chi connectivity index (χ2v) is 7.35. The van der Waals surface area contributed by atoms with Gasteiger partial charge in [-0.3, -0.25) is 0 Å². The van der Waals surface area contributed by atoms with E-state index in [-0.39, 0.29) is 21.3 Å². The third-order valence-corrected chi connectivity index (χ3v) is 5.44. The maximum absolute atomic E-state index is 13.4. The van der Waals surface area contributed by atoms with E-state index in [0.29, 0.717) is 0 Å². The van der Waals surface area contributed by atoms with Crippen LogP contribution in [0.3, 0.4) is 0 Å². The smallest absolute Gasteiger partial charge is 0.210 e. The summed E-state index contributed by atoms with van der Waals surface area (Å²) in [6.45, 7) is 2.10. The average Bonchev–Trinajstić information content (AvgIpc) is 2.32. The van der Waals surface area contributed by atoms with Crippen LogP contribution in [0.4, 0.5) is 4.39 Å². The lowest BCUT2D eigenvalue weighted by atomic mass is 10.3. The van der Waals surface area contributed by atoms with Gasteiger partial charge in [-0.25, -0.2) is 17.5 Å². The normalized spacial score (nSPS) is 13.6. The van der Waals surface area contributed by atoms with Gasteiger partial charge in [-0.15, -0.1) is 0 Å². The van der Waals surface area contributed by atoms with Crippen LogP contribution in [0, 0.1) is 5.82 Å². The van der Waals surface area contributed by atoms with E-state index in [4.69, 9.17) is 23.2 Å². The van der Waals surface area contributed by atoms with Crippen LogP contribution in [0.1, 0.15) is 13.3 Å². The van der Waals surface area contributed by atoms with E-state index in [1.807, 2.05) is 6.92 Å². The Morgan fingerprint density at radius 3 is 2.61 bits per heavy atom. The zero-order valence-corrected chi connectivity index (χ0v) is 13.3. The molecule has 8 heteroatoms. The van der Waals surface area contributed by atoms with Crippen molar-refractivity contribution in [2.24, 2.45) is 0 Å². The lowest BCUT2D eigenvalue weighted by Gasteiger charge is -2.11. The van der Waals surface area contributed by atoms with Gasteiger partial charge in [0.1, 0.15) is 4.90 Å². The molecule has 0 radical (unpaired) electrons. The number of hydrogen-bond donors (Lipinski definition) is 1. The molecule has 0 aliphatic rings. The number of hydrogen-bond acceptors (Lipinski definition) is 2. The molecule has 1 aromatic rings. The first-order valence-corrected chi connectivity index (χ1v) is 8.22. The van der Waals surface area contributed by atoms with Crippen LogP contribution >= 0.6 is 39.1 Å². The topological polar surface area (TPSA) is 46.2 Å². The van der Waals surface area contributed by atoms with E-state index in [9.17, 15) is 12.8 Å². The number of halogens is 4. The number of sulfonamides is 1. The SMILES string of the molecule is CCC(Br)CNS(=O)(=O)c1ccc(Cl)c(F)c1Cl. The maximum Gasteiger partial charge on any atom is 0.242 e. The molecule has 1 unspecified atom stereocenters. The number of rotatable bonds is 5. The molecule has 1 rings (SSSR count). The molecular formula is C10H11BrCl2FNO2S. The molecule has 0 aromatic heterocycles. The van der Waals surface area contributed by atoms with Crippen LogP contribution in [0.2, 0.25) is 10.0 Å². The van der Waals surface area contributed by atoms with Crippen LogP contribution in [-0.4, -0.2) is 19.8 Å². The highest BCUT2D eigenvalue weighted by Gasteiger charge is 2.22. The summed E-state index contributed by atoms with van der Waals surface area (Å²) in [6, 6.07) is 2.33. The van der Waals surface area contributed by atoms with Crippen LogP contribution in [0.15, 0.2) is 17.0 Å². The van der Waals surface area contributed by atoms with Crippen LogP contribution < -0.4 is 4.72 Å². The van der Waals surface area contributed by atoms with Crippen molar-refractivity contribution in [3.8, 4) is 0 Å². The average molecular weight is 379 g/mol. The van der Waals surface area contributed by atoms with Crippen molar-refractivity contribution < 1.29 is 12.8 Å². The van der Waals surface area contributed by atoms with E-state index in [0.717, 1.165) is 12.5 Å². The molecule has 0 saturated heterocycles. The second kappa shape index (κ2) is 6.52. The number of nitrogens with one attached hydrogen (secondary N) is 1. The van der Waals surface area contributed by atoms with Gasteiger partial charge in [0.25, 0.3) is 0 Å². The molecule has 102 valence electrons. The van der Waals surface area contributed by atoms with Gasteiger partial charge >= 0.3 is 0 Å². The summed E-state index contributed by atoms with van der Waals surface area (Å²) >= 11 is 14.4. The van der Waals surface area contributed by atoms with Crippen molar-refractivity contribution in [2.45, 2.75) is 23.1 Å². The van der Waals surface area contributed by atoms with Gasteiger partial charge < -0.3 is 0 Å².